The lowest BCUT2D eigenvalue weighted by Crippen LogP contribution is -2.20. The Balaban J connectivity index is 1.97. The molecule has 0 heterocycles. The summed E-state index contributed by atoms with van der Waals surface area (Å²) >= 11 is 0. The summed E-state index contributed by atoms with van der Waals surface area (Å²) in [7, 11) is 1.41. The van der Waals surface area contributed by atoms with E-state index in [1.165, 1.54) is 25.3 Å². The number of hydrogen-bond donors (Lipinski definition) is 1. The highest BCUT2D eigenvalue weighted by atomic mass is 16.6. The Morgan fingerprint density at radius 2 is 1.76 bits per heavy atom. The van der Waals surface area contributed by atoms with E-state index in [0.29, 0.717) is 23.9 Å². The third kappa shape index (κ3) is 5.10. The Morgan fingerprint density at radius 3 is 2.32 bits per heavy atom. The Labute approximate surface area is 144 Å². The first-order valence-corrected chi connectivity index (χ1v) is 7.51. The lowest BCUT2D eigenvalue weighted by Gasteiger charge is -2.11. The van der Waals surface area contributed by atoms with Crippen LogP contribution in [0, 0.1) is 10.1 Å². The van der Waals surface area contributed by atoms with Gasteiger partial charge in [-0.3, -0.25) is 14.9 Å². The number of nitro benzene ring substituents is 1. The fourth-order valence-electron chi connectivity index (χ4n) is 2.04. The number of benzene rings is 2. The van der Waals surface area contributed by atoms with Gasteiger partial charge in [-0.15, -0.1) is 0 Å². The van der Waals surface area contributed by atoms with Gasteiger partial charge in [-0.2, -0.15) is 0 Å². The van der Waals surface area contributed by atoms with Crippen molar-refractivity contribution < 1.29 is 23.9 Å². The van der Waals surface area contributed by atoms with E-state index in [1.54, 1.807) is 24.3 Å². The third-order valence-electron chi connectivity index (χ3n) is 3.17. The van der Waals surface area contributed by atoms with Gasteiger partial charge in [0, 0.05) is 12.1 Å². The average molecular weight is 346 g/mol. The molecule has 0 radical (unpaired) electrons. The summed E-state index contributed by atoms with van der Waals surface area (Å²) in [5.74, 6) is 1.07. The van der Waals surface area contributed by atoms with Crippen LogP contribution < -0.4 is 19.5 Å². The number of methoxy groups -OCH3 is 1. The fourth-order valence-corrected chi connectivity index (χ4v) is 2.04. The maximum Gasteiger partial charge on any atom is 0.271 e. The molecule has 1 N–H and O–H groups in total. The summed E-state index contributed by atoms with van der Waals surface area (Å²) in [5.41, 5.74) is 0.0560. The minimum absolute atomic E-state index is 0.150. The molecule has 1 amide bonds. The molecule has 8 nitrogen and oxygen atoms in total. The van der Waals surface area contributed by atoms with Gasteiger partial charge < -0.3 is 19.5 Å². The molecule has 0 spiro atoms. The van der Waals surface area contributed by atoms with Gasteiger partial charge in [0.1, 0.15) is 17.2 Å². The third-order valence-corrected chi connectivity index (χ3v) is 3.17. The van der Waals surface area contributed by atoms with E-state index < -0.39 is 10.8 Å². The zero-order valence-electron chi connectivity index (χ0n) is 13.9. The van der Waals surface area contributed by atoms with Crippen LogP contribution in [0.4, 0.5) is 11.4 Å². The molecular weight excluding hydrogens is 328 g/mol. The largest absolute Gasteiger partial charge is 0.495 e. The topological polar surface area (TPSA) is 99.9 Å². The van der Waals surface area contributed by atoms with E-state index in [9.17, 15) is 14.9 Å². The van der Waals surface area contributed by atoms with Crippen molar-refractivity contribution in [1.82, 2.24) is 0 Å². The average Bonchev–Trinajstić information content (AvgIpc) is 2.61. The summed E-state index contributed by atoms with van der Waals surface area (Å²) in [4.78, 5) is 22.3. The monoisotopic (exact) mass is 346 g/mol. The van der Waals surface area contributed by atoms with Gasteiger partial charge in [-0.1, -0.05) is 0 Å². The molecule has 0 aliphatic rings. The lowest BCUT2D eigenvalue weighted by molar-refractivity contribution is -0.384. The summed E-state index contributed by atoms with van der Waals surface area (Å²) < 4.78 is 15.8. The molecule has 0 bridgehead atoms. The van der Waals surface area contributed by atoms with Crippen molar-refractivity contribution in [2.24, 2.45) is 0 Å². The molecule has 0 aliphatic heterocycles. The molecule has 0 saturated heterocycles. The van der Waals surface area contributed by atoms with E-state index in [-0.39, 0.29) is 18.0 Å². The maximum absolute atomic E-state index is 12.0. The molecule has 0 fully saturated rings. The zero-order valence-corrected chi connectivity index (χ0v) is 13.9. The minimum Gasteiger partial charge on any atom is -0.495 e. The van der Waals surface area contributed by atoms with Gasteiger partial charge in [0.25, 0.3) is 11.6 Å². The summed E-state index contributed by atoms with van der Waals surface area (Å²) in [5, 5.41) is 13.4. The number of nitrogens with one attached hydrogen (secondary N) is 1. The van der Waals surface area contributed by atoms with Crippen LogP contribution in [0.2, 0.25) is 0 Å². The molecule has 8 heteroatoms. The van der Waals surface area contributed by atoms with Crippen LogP contribution in [0.25, 0.3) is 0 Å². The number of amides is 1. The van der Waals surface area contributed by atoms with Crippen molar-refractivity contribution in [1.29, 1.82) is 0 Å². The summed E-state index contributed by atoms with van der Waals surface area (Å²) in [6.07, 6.45) is 0. The number of ether oxygens (including phenoxy) is 3. The molecular formula is C17H18N2O6. The lowest BCUT2D eigenvalue weighted by atomic mass is 10.2. The van der Waals surface area contributed by atoms with Gasteiger partial charge >= 0.3 is 0 Å². The Hall–Kier alpha value is -3.29. The number of carbonyl (C=O) groups excluding carboxylic acids is 1. The zero-order chi connectivity index (χ0) is 18.2. The number of nitro groups is 1. The number of non-ortho nitro benzene ring substituents is 1. The highest BCUT2D eigenvalue weighted by Crippen LogP contribution is 2.28. The molecule has 2 aromatic carbocycles. The van der Waals surface area contributed by atoms with E-state index in [0.717, 1.165) is 0 Å². The number of carbonyl (C=O) groups is 1. The molecule has 25 heavy (non-hydrogen) atoms. The van der Waals surface area contributed by atoms with E-state index in [2.05, 4.69) is 5.32 Å². The second kappa shape index (κ2) is 8.53. The highest BCUT2D eigenvalue weighted by molar-refractivity contribution is 5.93. The molecule has 0 aromatic heterocycles. The molecule has 132 valence electrons. The van der Waals surface area contributed by atoms with Crippen molar-refractivity contribution in [2.75, 3.05) is 25.6 Å². The first-order chi connectivity index (χ1) is 12.0. The second-order valence-electron chi connectivity index (χ2n) is 4.88. The summed E-state index contributed by atoms with van der Waals surface area (Å²) in [6.45, 7) is 2.20. The minimum atomic E-state index is -0.550. The van der Waals surface area contributed by atoms with Gasteiger partial charge in [-0.05, 0) is 37.3 Å². The van der Waals surface area contributed by atoms with Crippen LogP contribution >= 0.6 is 0 Å². The Kier molecular flexibility index (Phi) is 6.16. The number of rotatable bonds is 8. The van der Waals surface area contributed by atoms with E-state index in [4.69, 9.17) is 14.2 Å². The van der Waals surface area contributed by atoms with Crippen LogP contribution in [-0.2, 0) is 4.79 Å². The smallest absolute Gasteiger partial charge is 0.271 e. The quantitative estimate of drug-likeness (QED) is 0.582. The maximum atomic E-state index is 12.0. The molecule has 0 atom stereocenters. The number of nitrogens with zero attached hydrogens (tertiary/aromatic N) is 1. The van der Waals surface area contributed by atoms with Crippen LogP contribution in [-0.4, -0.2) is 31.2 Å². The van der Waals surface area contributed by atoms with Crippen LogP contribution in [0.3, 0.4) is 0 Å². The van der Waals surface area contributed by atoms with Crippen molar-refractivity contribution >= 4 is 17.3 Å². The molecule has 2 rings (SSSR count). The Morgan fingerprint density at radius 1 is 1.12 bits per heavy atom. The number of anilines is 1. The first-order valence-electron chi connectivity index (χ1n) is 7.51. The van der Waals surface area contributed by atoms with Gasteiger partial charge in [0.05, 0.1) is 24.3 Å². The van der Waals surface area contributed by atoms with Crippen molar-refractivity contribution in [3.05, 3.63) is 52.6 Å². The second-order valence-corrected chi connectivity index (χ2v) is 4.88. The van der Waals surface area contributed by atoms with E-state index in [1.807, 2.05) is 6.92 Å². The van der Waals surface area contributed by atoms with Crippen LogP contribution in [0.15, 0.2) is 42.5 Å². The van der Waals surface area contributed by atoms with Gasteiger partial charge in [-0.25, -0.2) is 0 Å². The molecule has 2 aromatic rings. The van der Waals surface area contributed by atoms with Crippen molar-refractivity contribution in [3.63, 3.8) is 0 Å². The van der Waals surface area contributed by atoms with Gasteiger partial charge in [0.2, 0.25) is 0 Å². The van der Waals surface area contributed by atoms with Crippen LogP contribution in [0.1, 0.15) is 6.92 Å². The van der Waals surface area contributed by atoms with Crippen molar-refractivity contribution in [3.8, 4) is 17.2 Å². The van der Waals surface area contributed by atoms with Crippen LogP contribution in [0.5, 0.6) is 17.2 Å². The first kappa shape index (κ1) is 18.1. The standard InChI is InChI=1S/C17H18N2O6/c1-3-24-13-5-7-14(8-6-13)25-11-17(20)18-15-10-12(19(21)22)4-9-16(15)23-2/h4-10H,3,11H2,1-2H3,(H,18,20). The summed E-state index contributed by atoms with van der Waals surface area (Å²) in [6, 6.07) is 10.8. The van der Waals surface area contributed by atoms with Gasteiger partial charge in [0.15, 0.2) is 6.61 Å². The fraction of sp³-hybridized carbons (Fsp3) is 0.235. The normalized spacial score (nSPS) is 10.0. The number of hydrogen-bond acceptors (Lipinski definition) is 6. The predicted molar refractivity (Wildman–Crippen MR) is 91.4 cm³/mol. The predicted octanol–water partition coefficient (Wildman–Crippen LogP) is 3.02. The SMILES string of the molecule is CCOc1ccc(OCC(=O)Nc2cc([N+](=O)[O-])ccc2OC)cc1. The Bertz CT molecular complexity index is 745. The molecule has 0 saturated carbocycles. The molecule has 0 unspecified atom stereocenters. The molecule has 0 aliphatic carbocycles. The highest BCUT2D eigenvalue weighted by Gasteiger charge is 2.14. The van der Waals surface area contributed by atoms with E-state index >= 15 is 0 Å². The van der Waals surface area contributed by atoms with Crippen molar-refractivity contribution in [2.45, 2.75) is 6.92 Å².